The fourth-order valence-corrected chi connectivity index (χ4v) is 3.75. The molecule has 30 heavy (non-hydrogen) atoms. The van der Waals surface area contributed by atoms with Gasteiger partial charge < -0.3 is 16.0 Å². The molecule has 0 bridgehead atoms. The maximum Gasteiger partial charge on any atom is 0.229 e. The minimum absolute atomic E-state index is 0.0305. The summed E-state index contributed by atoms with van der Waals surface area (Å²) in [5.41, 5.74) is 1.89. The van der Waals surface area contributed by atoms with Gasteiger partial charge in [0.15, 0.2) is 27.3 Å². The van der Waals surface area contributed by atoms with Gasteiger partial charge in [-0.3, -0.25) is 5.10 Å². The van der Waals surface area contributed by atoms with Gasteiger partial charge in [0.05, 0.1) is 10.6 Å². The normalized spacial score (nSPS) is 13.7. The van der Waals surface area contributed by atoms with Gasteiger partial charge in [-0.05, 0) is 32.0 Å². The van der Waals surface area contributed by atoms with Crippen molar-refractivity contribution in [3.8, 4) is 0 Å². The number of rotatable bonds is 5. The van der Waals surface area contributed by atoms with Crippen LogP contribution in [0.1, 0.15) is 17.0 Å². The van der Waals surface area contributed by atoms with E-state index >= 15 is 0 Å². The first-order valence-electron chi connectivity index (χ1n) is 9.06. The second-order valence-corrected chi connectivity index (χ2v) is 8.98. The Bertz CT molecular complexity index is 1200. The molecule has 9 nitrogen and oxygen atoms in total. The Morgan fingerprint density at radius 1 is 1.10 bits per heavy atom. The summed E-state index contributed by atoms with van der Waals surface area (Å²) in [5, 5.41) is 15.8. The highest BCUT2D eigenvalue weighted by Gasteiger charge is 2.21. The highest BCUT2D eigenvalue weighted by atomic mass is 32.2. The van der Waals surface area contributed by atoms with Gasteiger partial charge in [-0.1, -0.05) is 0 Å². The topological polar surface area (TPSA) is 125 Å². The molecule has 12 heteroatoms. The number of sulfone groups is 1. The number of aryl methyl sites for hydroxylation is 1. The molecular weight excluding hydrogens is 416 g/mol. The van der Waals surface area contributed by atoms with Gasteiger partial charge in [0.1, 0.15) is 11.5 Å². The van der Waals surface area contributed by atoms with Crippen LogP contribution in [0.15, 0.2) is 23.1 Å². The van der Waals surface area contributed by atoms with E-state index in [1.54, 1.807) is 6.07 Å². The number of benzene rings is 1. The van der Waals surface area contributed by atoms with Gasteiger partial charge in [-0.25, -0.2) is 22.2 Å². The summed E-state index contributed by atoms with van der Waals surface area (Å²) in [6, 6.07) is 3.31. The van der Waals surface area contributed by atoms with E-state index in [0.717, 1.165) is 36.2 Å². The standard InChI is InChI=1S/C18H19F2N7O2S/c1-9-5-15(27-26-9)23-17-11-3-4-21-8-14(11)22-18(25-17)24-16-12(19)6-10(7-13(16)20)30(2,28)29/h5-7,21H,3-4,8H2,1-2H3,(H3,22,23,24,25,26,27). The molecule has 4 N–H and O–H groups in total. The van der Waals surface area contributed by atoms with Gasteiger partial charge in [-0.2, -0.15) is 10.1 Å². The lowest BCUT2D eigenvalue weighted by Crippen LogP contribution is -2.26. The lowest BCUT2D eigenvalue weighted by Gasteiger charge is -2.20. The Labute approximate surface area is 171 Å². The van der Waals surface area contributed by atoms with Crippen molar-refractivity contribution in [3.63, 3.8) is 0 Å². The SMILES string of the molecule is Cc1cc(Nc2nc(Nc3c(F)cc(S(C)(=O)=O)cc3F)nc3c2CCNC3)n[nH]1. The smallest absolute Gasteiger partial charge is 0.229 e. The average molecular weight is 435 g/mol. The summed E-state index contributed by atoms with van der Waals surface area (Å²) in [6.45, 7) is 3.07. The number of aromatic amines is 1. The van der Waals surface area contributed by atoms with Crippen LogP contribution in [0.3, 0.4) is 0 Å². The molecule has 1 aliphatic rings. The monoisotopic (exact) mass is 435 g/mol. The molecule has 0 unspecified atom stereocenters. The predicted molar refractivity (Wildman–Crippen MR) is 107 cm³/mol. The highest BCUT2D eigenvalue weighted by molar-refractivity contribution is 7.90. The molecular formula is C18H19F2N7O2S. The second kappa shape index (κ2) is 7.61. The first-order chi connectivity index (χ1) is 14.2. The second-order valence-electron chi connectivity index (χ2n) is 6.97. The number of H-pyrrole nitrogens is 1. The van der Waals surface area contributed by atoms with Crippen LogP contribution in [0.5, 0.6) is 0 Å². The van der Waals surface area contributed by atoms with Crippen molar-refractivity contribution in [2.75, 3.05) is 23.4 Å². The molecule has 0 radical (unpaired) electrons. The van der Waals surface area contributed by atoms with Crippen molar-refractivity contribution in [1.29, 1.82) is 0 Å². The van der Waals surface area contributed by atoms with Crippen molar-refractivity contribution < 1.29 is 17.2 Å². The minimum atomic E-state index is -3.76. The highest BCUT2D eigenvalue weighted by Crippen LogP contribution is 2.29. The predicted octanol–water partition coefficient (Wildman–Crippen LogP) is 2.32. The molecule has 0 amide bonds. The first-order valence-corrected chi connectivity index (χ1v) is 11.0. The third-order valence-electron chi connectivity index (χ3n) is 4.57. The third kappa shape index (κ3) is 4.09. The van der Waals surface area contributed by atoms with E-state index in [4.69, 9.17) is 0 Å². The van der Waals surface area contributed by atoms with E-state index in [1.165, 1.54) is 0 Å². The first kappa shape index (κ1) is 20.2. The summed E-state index contributed by atoms with van der Waals surface area (Å²) in [4.78, 5) is 8.29. The van der Waals surface area contributed by atoms with Crippen molar-refractivity contribution >= 4 is 33.1 Å². The molecule has 0 atom stereocenters. The molecule has 0 saturated carbocycles. The van der Waals surface area contributed by atoms with Gasteiger partial charge in [-0.15, -0.1) is 0 Å². The number of nitrogens with zero attached hydrogens (tertiary/aromatic N) is 3. The lowest BCUT2D eigenvalue weighted by molar-refractivity contribution is 0.574. The Morgan fingerprint density at radius 3 is 2.47 bits per heavy atom. The van der Waals surface area contributed by atoms with E-state index in [9.17, 15) is 17.2 Å². The molecule has 0 saturated heterocycles. The lowest BCUT2D eigenvalue weighted by atomic mass is 10.1. The Hall–Kier alpha value is -3.12. The molecule has 2 aromatic heterocycles. The third-order valence-corrected chi connectivity index (χ3v) is 5.66. The molecule has 0 spiro atoms. The zero-order valence-electron chi connectivity index (χ0n) is 16.2. The van der Waals surface area contributed by atoms with Gasteiger partial charge in [0.25, 0.3) is 0 Å². The minimum Gasteiger partial charge on any atom is -0.323 e. The summed E-state index contributed by atoms with van der Waals surface area (Å²) >= 11 is 0. The fourth-order valence-electron chi connectivity index (χ4n) is 3.12. The van der Waals surface area contributed by atoms with E-state index in [1.807, 2.05) is 6.92 Å². The van der Waals surface area contributed by atoms with Gasteiger partial charge in [0.2, 0.25) is 5.95 Å². The van der Waals surface area contributed by atoms with Crippen LogP contribution in [0, 0.1) is 18.6 Å². The van der Waals surface area contributed by atoms with Gasteiger partial charge in [0, 0.05) is 30.1 Å². The average Bonchev–Trinajstić information content (AvgIpc) is 3.08. The largest absolute Gasteiger partial charge is 0.323 e. The number of hydrogen-bond donors (Lipinski definition) is 4. The van der Waals surface area contributed by atoms with Crippen molar-refractivity contribution in [2.24, 2.45) is 0 Å². The number of hydrogen-bond acceptors (Lipinski definition) is 8. The number of anilines is 4. The van der Waals surface area contributed by atoms with Crippen molar-refractivity contribution in [3.05, 3.63) is 46.8 Å². The molecule has 158 valence electrons. The molecule has 0 aliphatic carbocycles. The number of aromatic nitrogens is 4. The van der Waals surface area contributed by atoms with Gasteiger partial charge >= 0.3 is 0 Å². The number of halogens is 2. The van der Waals surface area contributed by atoms with Crippen molar-refractivity contribution in [1.82, 2.24) is 25.5 Å². The maximum atomic E-state index is 14.5. The Balaban J connectivity index is 1.72. The number of fused-ring (bicyclic) bond motifs is 1. The molecule has 4 rings (SSSR count). The zero-order valence-corrected chi connectivity index (χ0v) is 17.0. The molecule has 3 heterocycles. The zero-order chi connectivity index (χ0) is 21.5. The molecule has 3 aromatic rings. The van der Waals surface area contributed by atoms with E-state index < -0.39 is 32.1 Å². The Morgan fingerprint density at radius 2 is 1.83 bits per heavy atom. The van der Waals surface area contributed by atoms with Crippen LogP contribution in [0.25, 0.3) is 0 Å². The Kier molecular flexibility index (Phi) is 5.12. The van der Waals surface area contributed by atoms with E-state index in [0.29, 0.717) is 30.3 Å². The van der Waals surface area contributed by atoms with Crippen LogP contribution >= 0.6 is 0 Å². The molecule has 0 fully saturated rings. The number of nitrogens with one attached hydrogen (secondary N) is 4. The summed E-state index contributed by atoms with van der Waals surface area (Å²) in [6.07, 6.45) is 1.55. The van der Waals surface area contributed by atoms with Crippen LogP contribution < -0.4 is 16.0 Å². The molecule has 1 aliphatic heterocycles. The summed E-state index contributed by atoms with van der Waals surface area (Å²) in [5.74, 6) is -1.13. The van der Waals surface area contributed by atoms with Crippen LogP contribution in [0.2, 0.25) is 0 Å². The molecule has 1 aromatic carbocycles. The summed E-state index contributed by atoms with van der Waals surface area (Å²) < 4.78 is 52.1. The fraction of sp³-hybridized carbons (Fsp3) is 0.278. The van der Waals surface area contributed by atoms with E-state index in [2.05, 4.69) is 36.1 Å². The summed E-state index contributed by atoms with van der Waals surface area (Å²) in [7, 11) is -3.76. The van der Waals surface area contributed by atoms with Crippen LogP contribution in [0.4, 0.5) is 32.1 Å². The van der Waals surface area contributed by atoms with Crippen LogP contribution in [-0.4, -0.2) is 41.4 Å². The maximum absolute atomic E-state index is 14.5. The van der Waals surface area contributed by atoms with E-state index in [-0.39, 0.29) is 5.95 Å². The quantitative estimate of drug-likeness (QED) is 0.481. The van der Waals surface area contributed by atoms with Crippen molar-refractivity contribution in [2.45, 2.75) is 24.8 Å². The van der Waals surface area contributed by atoms with Crippen LogP contribution in [-0.2, 0) is 22.8 Å².